The average Bonchev–Trinajstić information content (AvgIpc) is 1.65. The number of hydrogen-bond acceptors (Lipinski definition) is 2. The summed E-state index contributed by atoms with van der Waals surface area (Å²) >= 11 is 0. The maximum absolute atomic E-state index is 9.82. The van der Waals surface area contributed by atoms with Crippen molar-refractivity contribution in [3.05, 3.63) is 0 Å². The van der Waals surface area contributed by atoms with Gasteiger partial charge in [0.05, 0.1) is 0 Å². The number of hydrogen-bond donors (Lipinski definition) is 2. The van der Waals surface area contributed by atoms with Crippen molar-refractivity contribution in [1.82, 2.24) is 5.48 Å². The van der Waals surface area contributed by atoms with Gasteiger partial charge in [0.1, 0.15) is 0 Å². The molecule has 0 rings (SSSR count). The second-order valence-corrected chi connectivity index (χ2v) is 0.889. The number of carbonyl (C=O) groups excluding carboxylic acids is 1. The minimum absolute atomic E-state index is 0. The summed E-state index contributed by atoms with van der Waals surface area (Å²) in [7, 11) is 0. The fourth-order valence-electron chi connectivity index (χ4n) is 0.0791. The maximum atomic E-state index is 9.82. The SMILES string of the molecule is CCC(=O)NO.[NaH]. The Kier molecular flexibility index (Phi) is 9.57. The molecule has 0 aromatic heterocycles. The predicted molar refractivity (Wildman–Crippen MR) is 27.4 cm³/mol. The molecule has 0 atom stereocenters. The zero-order chi connectivity index (χ0) is 4.99. The number of carbonyl (C=O) groups is 1. The van der Waals surface area contributed by atoms with Crippen molar-refractivity contribution in [3.8, 4) is 0 Å². The Morgan fingerprint density at radius 2 is 2.29 bits per heavy atom. The Morgan fingerprint density at radius 1 is 1.86 bits per heavy atom. The second-order valence-electron chi connectivity index (χ2n) is 0.889. The van der Waals surface area contributed by atoms with Crippen LogP contribution in [0.2, 0.25) is 0 Å². The third kappa shape index (κ3) is 6.43. The molecule has 4 heteroatoms. The zero-order valence-electron chi connectivity index (χ0n) is 3.56. The first-order chi connectivity index (χ1) is 2.81. The number of amides is 1. The standard InChI is InChI=1S/C3H7NO2.Na.H/c1-2-3(5)4-6;;/h6H,2H2,1H3,(H,4,5);;. The van der Waals surface area contributed by atoms with Gasteiger partial charge in [0.2, 0.25) is 5.91 Å². The van der Waals surface area contributed by atoms with E-state index in [1.165, 1.54) is 5.48 Å². The summed E-state index contributed by atoms with van der Waals surface area (Å²) < 4.78 is 0. The van der Waals surface area contributed by atoms with Crippen LogP contribution in [0.3, 0.4) is 0 Å². The van der Waals surface area contributed by atoms with Crippen molar-refractivity contribution < 1.29 is 10.0 Å². The van der Waals surface area contributed by atoms with Crippen molar-refractivity contribution in [1.29, 1.82) is 0 Å². The van der Waals surface area contributed by atoms with Gasteiger partial charge in [-0.3, -0.25) is 10.0 Å². The van der Waals surface area contributed by atoms with Crippen LogP contribution in [0, 0.1) is 0 Å². The first-order valence-electron chi connectivity index (χ1n) is 1.74. The molecule has 2 N–H and O–H groups in total. The van der Waals surface area contributed by atoms with E-state index < -0.39 is 0 Å². The van der Waals surface area contributed by atoms with E-state index in [9.17, 15) is 4.79 Å². The Bertz CT molecular complexity index is 50.9. The van der Waals surface area contributed by atoms with Crippen molar-refractivity contribution in [3.63, 3.8) is 0 Å². The van der Waals surface area contributed by atoms with Gasteiger partial charge in [-0.05, 0) is 0 Å². The fraction of sp³-hybridized carbons (Fsp3) is 0.667. The van der Waals surface area contributed by atoms with E-state index >= 15 is 0 Å². The molecule has 0 saturated heterocycles. The van der Waals surface area contributed by atoms with E-state index in [2.05, 4.69) is 0 Å². The molecule has 0 bridgehead atoms. The molecule has 0 spiro atoms. The number of rotatable bonds is 1. The van der Waals surface area contributed by atoms with Crippen LogP contribution in [-0.2, 0) is 4.79 Å². The topological polar surface area (TPSA) is 49.3 Å². The number of nitrogens with one attached hydrogen (secondary N) is 1. The molecule has 0 aliphatic carbocycles. The van der Waals surface area contributed by atoms with Crippen molar-refractivity contribution in [2.45, 2.75) is 13.3 Å². The van der Waals surface area contributed by atoms with Crippen LogP contribution in [0.15, 0.2) is 0 Å². The summed E-state index contributed by atoms with van der Waals surface area (Å²) in [6.45, 7) is 1.66. The molecular weight excluding hydrogens is 105 g/mol. The van der Waals surface area contributed by atoms with Gasteiger partial charge >= 0.3 is 29.6 Å². The summed E-state index contributed by atoms with van der Waals surface area (Å²) in [5.74, 6) is -0.352. The summed E-state index contributed by atoms with van der Waals surface area (Å²) in [6, 6.07) is 0. The van der Waals surface area contributed by atoms with Crippen LogP contribution in [0.5, 0.6) is 0 Å². The first kappa shape index (κ1) is 10.4. The Balaban J connectivity index is 0. The van der Waals surface area contributed by atoms with Crippen molar-refractivity contribution in [2.75, 3.05) is 0 Å². The van der Waals surface area contributed by atoms with Crippen LogP contribution in [0.25, 0.3) is 0 Å². The van der Waals surface area contributed by atoms with Crippen LogP contribution < -0.4 is 5.48 Å². The molecule has 38 valence electrons. The summed E-state index contributed by atoms with van der Waals surface area (Å²) in [4.78, 5) is 9.82. The molecule has 0 saturated carbocycles. The second kappa shape index (κ2) is 6.43. The van der Waals surface area contributed by atoms with Crippen molar-refractivity contribution >= 4 is 35.5 Å². The van der Waals surface area contributed by atoms with Crippen LogP contribution >= 0.6 is 0 Å². The Labute approximate surface area is 64.3 Å². The van der Waals surface area contributed by atoms with Gasteiger partial charge in [-0.1, -0.05) is 6.92 Å². The van der Waals surface area contributed by atoms with E-state index in [4.69, 9.17) is 5.21 Å². The predicted octanol–water partition coefficient (Wildman–Crippen LogP) is -0.747. The van der Waals surface area contributed by atoms with Crippen LogP contribution in [0.1, 0.15) is 13.3 Å². The molecule has 7 heavy (non-hydrogen) atoms. The van der Waals surface area contributed by atoms with E-state index in [1.807, 2.05) is 0 Å². The molecule has 1 amide bonds. The molecule has 0 aliphatic rings. The van der Waals surface area contributed by atoms with Gasteiger partial charge in [-0.2, -0.15) is 0 Å². The molecule has 0 heterocycles. The molecule has 0 unspecified atom stereocenters. The fourth-order valence-corrected chi connectivity index (χ4v) is 0.0791. The zero-order valence-corrected chi connectivity index (χ0v) is 3.56. The average molecular weight is 113 g/mol. The Morgan fingerprint density at radius 3 is 2.29 bits per heavy atom. The molecule has 0 fully saturated rings. The van der Waals surface area contributed by atoms with E-state index in [0.29, 0.717) is 6.42 Å². The monoisotopic (exact) mass is 113 g/mol. The molecule has 3 nitrogen and oxygen atoms in total. The number of hydroxylamine groups is 1. The Hall–Kier alpha value is 0.430. The van der Waals surface area contributed by atoms with Gasteiger partial charge in [-0.15, -0.1) is 0 Å². The van der Waals surface area contributed by atoms with E-state index in [1.54, 1.807) is 6.92 Å². The van der Waals surface area contributed by atoms with Gasteiger partial charge in [0, 0.05) is 6.42 Å². The summed E-state index contributed by atoms with van der Waals surface area (Å²) in [6.07, 6.45) is 0.330. The third-order valence-corrected chi connectivity index (χ3v) is 0.446. The van der Waals surface area contributed by atoms with Gasteiger partial charge < -0.3 is 0 Å². The van der Waals surface area contributed by atoms with E-state index in [0.717, 1.165) is 0 Å². The quantitative estimate of drug-likeness (QED) is 0.267. The van der Waals surface area contributed by atoms with Crippen LogP contribution in [0.4, 0.5) is 0 Å². The van der Waals surface area contributed by atoms with E-state index in [-0.39, 0.29) is 35.5 Å². The van der Waals surface area contributed by atoms with Crippen LogP contribution in [-0.4, -0.2) is 40.7 Å². The van der Waals surface area contributed by atoms with Gasteiger partial charge in [0.25, 0.3) is 0 Å². The third-order valence-electron chi connectivity index (χ3n) is 0.446. The molecular formula is C3H8NNaO2. The summed E-state index contributed by atoms with van der Waals surface area (Å²) in [5.41, 5.74) is 1.48. The van der Waals surface area contributed by atoms with Gasteiger partial charge in [0.15, 0.2) is 0 Å². The first-order valence-corrected chi connectivity index (χ1v) is 1.74. The summed E-state index contributed by atoms with van der Waals surface area (Å²) in [5, 5.41) is 7.74. The van der Waals surface area contributed by atoms with Gasteiger partial charge in [-0.25, -0.2) is 5.48 Å². The molecule has 0 radical (unpaired) electrons. The molecule has 0 aromatic carbocycles. The molecule has 0 aromatic rings. The normalized spacial score (nSPS) is 6.57. The molecule has 0 aliphatic heterocycles. The minimum atomic E-state index is -0.352. The van der Waals surface area contributed by atoms with Crippen molar-refractivity contribution in [2.24, 2.45) is 0 Å².